The first-order valence-electron chi connectivity index (χ1n) is 16.0. The Kier molecular flexibility index (Phi) is 14.2. The van der Waals surface area contributed by atoms with Crippen molar-refractivity contribution in [3.8, 4) is 5.75 Å². The van der Waals surface area contributed by atoms with Gasteiger partial charge in [0.05, 0.1) is 6.04 Å². The van der Waals surface area contributed by atoms with E-state index in [1.54, 1.807) is 36.4 Å². The zero-order valence-corrected chi connectivity index (χ0v) is 26.8. The number of hydrogen-bond acceptors (Lipinski definition) is 6. The number of benzene rings is 2. The van der Waals surface area contributed by atoms with Crippen LogP contribution in [0, 0.1) is 5.92 Å². The number of nitrogens with zero attached hydrogens (tertiary/aromatic N) is 1. The van der Waals surface area contributed by atoms with Crippen molar-refractivity contribution in [2.75, 3.05) is 13.1 Å². The van der Waals surface area contributed by atoms with Crippen molar-refractivity contribution in [1.82, 2.24) is 20.9 Å². The predicted molar refractivity (Wildman–Crippen MR) is 177 cm³/mol. The normalized spacial score (nSPS) is 16.5. The lowest BCUT2D eigenvalue weighted by atomic mass is 9.95. The average molecular weight is 631 g/mol. The Morgan fingerprint density at radius 2 is 1.57 bits per heavy atom. The maximum Gasteiger partial charge on any atom is 0.413 e. The van der Waals surface area contributed by atoms with Gasteiger partial charge < -0.3 is 25.6 Å². The molecule has 0 radical (unpaired) electrons. The van der Waals surface area contributed by atoms with Crippen LogP contribution in [0.4, 0.5) is 4.79 Å². The van der Waals surface area contributed by atoms with Gasteiger partial charge in [-0.3, -0.25) is 19.2 Å². The molecule has 0 spiro atoms. The molecule has 4 amide bonds. The van der Waals surface area contributed by atoms with Gasteiger partial charge in [-0.05, 0) is 67.7 Å². The van der Waals surface area contributed by atoms with Crippen molar-refractivity contribution in [3.05, 3.63) is 91.0 Å². The number of nitrogens with one attached hydrogen (secondary N) is 3. The summed E-state index contributed by atoms with van der Waals surface area (Å²) in [4.78, 5) is 67.3. The van der Waals surface area contributed by atoms with Crippen LogP contribution in [0.15, 0.2) is 79.9 Å². The van der Waals surface area contributed by atoms with Crippen LogP contribution in [0.2, 0.25) is 0 Å². The number of rotatable bonds is 13. The second-order valence-corrected chi connectivity index (χ2v) is 11.4. The minimum atomic E-state index is -1.08. The molecule has 1 aliphatic heterocycles. The molecule has 2 aromatic carbocycles. The van der Waals surface area contributed by atoms with Gasteiger partial charge >= 0.3 is 6.09 Å². The number of allylic oxidation sites excluding steroid dienone is 1. The number of para-hydroxylation sites is 1. The third-order valence-electron chi connectivity index (χ3n) is 7.81. The second-order valence-electron chi connectivity index (χ2n) is 11.4. The molecule has 2 aromatic rings. The third kappa shape index (κ3) is 9.89. The highest BCUT2D eigenvalue weighted by atomic mass is 16.6. The molecule has 246 valence electrons. The first kappa shape index (κ1) is 35.7. The van der Waals surface area contributed by atoms with E-state index in [0.717, 1.165) is 11.1 Å². The third-order valence-corrected chi connectivity index (χ3v) is 7.81. The maximum atomic E-state index is 14.1. The monoisotopic (exact) mass is 630 g/mol. The Morgan fingerprint density at radius 1 is 0.935 bits per heavy atom. The summed E-state index contributed by atoms with van der Waals surface area (Å²) in [5.74, 6) is -2.42. The first-order chi connectivity index (χ1) is 22.2. The number of carbonyl (C=O) groups excluding carboxylic acids is 5. The van der Waals surface area contributed by atoms with E-state index in [4.69, 9.17) is 4.74 Å². The average Bonchev–Trinajstić information content (AvgIpc) is 3.72. The number of hydrogen-bond donors (Lipinski definition) is 3. The number of ketones is 1. The van der Waals surface area contributed by atoms with Gasteiger partial charge in [-0.15, -0.1) is 13.2 Å². The van der Waals surface area contributed by atoms with Gasteiger partial charge in [0.1, 0.15) is 17.8 Å². The van der Waals surface area contributed by atoms with Crippen LogP contribution in [0.3, 0.4) is 0 Å². The molecule has 0 aromatic heterocycles. The largest absolute Gasteiger partial charge is 0.413 e. The van der Waals surface area contributed by atoms with E-state index >= 15 is 0 Å². The second kappa shape index (κ2) is 18.3. The zero-order chi connectivity index (χ0) is 33.5. The molecule has 3 N–H and O–H groups in total. The van der Waals surface area contributed by atoms with Gasteiger partial charge in [-0.2, -0.15) is 0 Å². The number of Topliss-reactive ketones (excluding diaryl/α,β-unsaturated/α-hetero) is 1. The van der Waals surface area contributed by atoms with Crippen LogP contribution in [-0.2, 0) is 32.0 Å². The molecule has 2 unspecified atom stereocenters. The van der Waals surface area contributed by atoms with Crippen molar-refractivity contribution in [3.63, 3.8) is 0 Å². The first-order valence-corrected chi connectivity index (χ1v) is 16.0. The van der Waals surface area contributed by atoms with Crippen molar-refractivity contribution >= 4 is 29.6 Å². The Hall–Kier alpha value is -4.73. The van der Waals surface area contributed by atoms with Gasteiger partial charge in [0.2, 0.25) is 17.6 Å². The minimum absolute atomic E-state index is 0.115. The summed E-state index contributed by atoms with van der Waals surface area (Å²) in [6, 6.07) is 13.6. The lowest BCUT2D eigenvalue weighted by Gasteiger charge is -2.32. The SMILES string of the molecule is C=CCCC(NC(=O)[C@@H]1CCCN1C(=O)C(NC(=O)Oc1ccccc1)C1Cc2ccccc2C1)C(=O)C(=O)NCC=C.CCC. The highest BCUT2D eigenvalue weighted by Crippen LogP contribution is 2.31. The standard InChI is InChI=1S/C33H38N4O6.C3H8/c1-3-5-16-26(29(38)31(40)34-18-4-2)35-30(39)27-17-11-19-37(27)32(41)28(24-20-22-12-9-10-13-23(22)21-24)36-33(42)43-25-14-7-6-8-15-25;1-3-2/h3-4,6-10,12-15,24,26-28H,1-2,5,11,16-21H2,(H,34,40)(H,35,39)(H,36,42);3H2,1-2H3/t26?,27-,28?;/m0./s1. The van der Waals surface area contributed by atoms with Crippen LogP contribution >= 0.6 is 0 Å². The maximum absolute atomic E-state index is 14.1. The summed E-state index contributed by atoms with van der Waals surface area (Å²) in [5, 5.41) is 7.94. The van der Waals surface area contributed by atoms with Gasteiger partial charge in [0.25, 0.3) is 5.91 Å². The lowest BCUT2D eigenvalue weighted by Crippen LogP contribution is -2.58. The smallest absolute Gasteiger partial charge is 0.410 e. The van der Waals surface area contributed by atoms with E-state index in [1.165, 1.54) is 17.4 Å². The molecular weight excluding hydrogens is 584 g/mol. The number of amides is 4. The summed E-state index contributed by atoms with van der Waals surface area (Å²) in [5.41, 5.74) is 2.22. The summed E-state index contributed by atoms with van der Waals surface area (Å²) in [6.45, 7) is 11.9. The van der Waals surface area contributed by atoms with Crippen molar-refractivity contribution < 1.29 is 28.7 Å². The van der Waals surface area contributed by atoms with Crippen molar-refractivity contribution in [1.29, 1.82) is 0 Å². The summed E-state index contributed by atoms with van der Waals surface area (Å²) in [6.07, 6.45) is 6.25. The zero-order valence-electron chi connectivity index (χ0n) is 26.8. The van der Waals surface area contributed by atoms with E-state index in [1.807, 2.05) is 24.3 Å². The molecular formula is C36H46N4O6. The molecule has 2 aliphatic rings. The fourth-order valence-electron chi connectivity index (χ4n) is 5.67. The highest BCUT2D eigenvalue weighted by molar-refractivity contribution is 6.38. The molecule has 1 aliphatic carbocycles. The number of fused-ring (bicyclic) bond motifs is 1. The fraction of sp³-hybridized carbons (Fsp3) is 0.417. The summed E-state index contributed by atoms with van der Waals surface area (Å²) < 4.78 is 5.45. The highest BCUT2D eigenvalue weighted by Gasteiger charge is 2.43. The predicted octanol–water partition coefficient (Wildman–Crippen LogP) is 4.29. The molecule has 0 saturated carbocycles. The van der Waals surface area contributed by atoms with E-state index in [9.17, 15) is 24.0 Å². The molecule has 0 bridgehead atoms. The number of ether oxygens (including phenoxy) is 1. The van der Waals surface area contributed by atoms with Crippen molar-refractivity contribution in [2.24, 2.45) is 5.92 Å². The molecule has 3 atom stereocenters. The van der Waals surface area contributed by atoms with Crippen LogP contribution in [-0.4, -0.2) is 65.7 Å². The molecule has 10 heteroatoms. The molecule has 4 rings (SSSR count). The van der Waals surface area contributed by atoms with Gasteiger partial charge in [-0.1, -0.05) is 74.9 Å². The van der Waals surface area contributed by atoms with Gasteiger partial charge in [-0.25, -0.2) is 4.79 Å². The topological polar surface area (TPSA) is 134 Å². The molecule has 46 heavy (non-hydrogen) atoms. The van der Waals surface area contributed by atoms with Crippen LogP contribution in [0.1, 0.15) is 57.1 Å². The quantitative estimate of drug-likeness (QED) is 0.223. The van der Waals surface area contributed by atoms with E-state index in [-0.39, 0.29) is 18.9 Å². The van der Waals surface area contributed by atoms with Crippen molar-refractivity contribution in [2.45, 2.75) is 76.9 Å². The Labute approximate surface area is 271 Å². The summed E-state index contributed by atoms with van der Waals surface area (Å²) >= 11 is 0. The number of likely N-dealkylation sites (tertiary alicyclic amines) is 1. The van der Waals surface area contributed by atoms with E-state index in [0.29, 0.717) is 44.4 Å². The lowest BCUT2D eigenvalue weighted by molar-refractivity contribution is -0.143. The van der Waals surface area contributed by atoms with Crippen LogP contribution < -0.4 is 20.7 Å². The molecule has 1 heterocycles. The van der Waals surface area contributed by atoms with Gasteiger partial charge in [0.15, 0.2) is 0 Å². The van der Waals surface area contributed by atoms with E-state index < -0.39 is 47.7 Å². The van der Waals surface area contributed by atoms with Crippen LogP contribution in [0.5, 0.6) is 5.75 Å². The summed E-state index contributed by atoms with van der Waals surface area (Å²) in [7, 11) is 0. The Balaban J connectivity index is 0.00000185. The Morgan fingerprint density at radius 3 is 2.17 bits per heavy atom. The molecule has 1 fully saturated rings. The van der Waals surface area contributed by atoms with Gasteiger partial charge in [0, 0.05) is 13.1 Å². The molecule has 10 nitrogen and oxygen atoms in total. The van der Waals surface area contributed by atoms with Crippen LogP contribution in [0.25, 0.3) is 0 Å². The molecule has 1 saturated heterocycles. The van der Waals surface area contributed by atoms with E-state index in [2.05, 4.69) is 43.0 Å². The minimum Gasteiger partial charge on any atom is -0.410 e. The number of carbonyl (C=O) groups is 5. The fourth-order valence-corrected chi connectivity index (χ4v) is 5.67. The Bertz CT molecular complexity index is 1350.